The highest BCUT2D eigenvalue weighted by Crippen LogP contribution is 2.39. The number of hydrogen-bond acceptors (Lipinski definition) is 5. The van der Waals surface area contributed by atoms with E-state index in [4.69, 9.17) is 11.6 Å². The summed E-state index contributed by atoms with van der Waals surface area (Å²) < 4.78 is 1.68. The summed E-state index contributed by atoms with van der Waals surface area (Å²) in [6.07, 6.45) is 0.859. The zero-order chi connectivity index (χ0) is 20.0. The van der Waals surface area contributed by atoms with E-state index in [-0.39, 0.29) is 17.8 Å². The van der Waals surface area contributed by atoms with Gasteiger partial charge in [-0.25, -0.2) is 9.67 Å². The first-order valence-corrected chi connectivity index (χ1v) is 11.4. The van der Waals surface area contributed by atoms with Gasteiger partial charge in [0.25, 0.3) is 5.91 Å². The van der Waals surface area contributed by atoms with E-state index in [0.29, 0.717) is 17.4 Å². The number of fused-ring (bicyclic) bond motifs is 1. The highest BCUT2D eigenvalue weighted by Gasteiger charge is 2.35. The highest BCUT2D eigenvalue weighted by molar-refractivity contribution is 7.10. The molecule has 5 rings (SSSR count). The molecule has 0 saturated carbocycles. The first kappa shape index (κ1) is 18.5. The van der Waals surface area contributed by atoms with Gasteiger partial charge in [-0.1, -0.05) is 17.7 Å². The minimum atomic E-state index is -0.143. The lowest BCUT2D eigenvalue weighted by atomic mass is 9.98. The van der Waals surface area contributed by atoms with Crippen molar-refractivity contribution in [2.75, 3.05) is 6.54 Å². The standard InChI is InChI=1S/C21H17ClN4OS2/c1-13-23-20(24-26(13)15-6-4-14(22)5-7-15)21(27)25-10-8-17-16(9-12-29-17)19(25)18-3-2-11-28-18/h2-7,9,11-12,19H,8,10H2,1H3. The van der Waals surface area contributed by atoms with Crippen molar-refractivity contribution in [2.24, 2.45) is 0 Å². The average Bonchev–Trinajstić information content (AvgIpc) is 3.48. The van der Waals surface area contributed by atoms with Crippen molar-refractivity contribution in [3.63, 3.8) is 0 Å². The summed E-state index contributed by atoms with van der Waals surface area (Å²) in [4.78, 5) is 22.4. The molecule has 8 heteroatoms. The third kappa shape index (κ3) is 3.29. The van der Waals surface area contributed by atoms with Crippen molar-refractivity contribution < 1.29 is 4.79 Å². The van der Waals surface area contributed by atoms with E-state index in [1.54, 1.807) is 39.5 Å². The van der Waals surface area contributed by atoms with Crippen LogP contribution in [-0.2, 0) is 6.42 Å². The Hall–Kier alpha value is -2.48. The molecule has 4 aromatic rings. The smallest absolute Gasteiger partial charge is 0.294 e. The average molecular weight is 441 g/mol. The molecular formula is C21H17ClN4OS2. The molecule has 146 valence electrons. The van der Waals surface area contributed by atoms with E-state index in [1.165, 1.54) is 10.4 Å². The van der Waals surface area contributed by atoms with Crippen LogP contribution in [0.25, 0.3) is 5.69 Å². The molecular weight excluding hydrogens is 424 g/mol. The van der Waals surface area contributed by atoms with E-state index in [2.05, 4.69) is 33.0 Å². The maximum atomic E-state index is 13.5. The van der Waals surface area contributed by atoms with Gasteiger partial charge in [0.1, 0.15) is 5.82 Å². The molecule has 4 heterocycles. The molecule has 0 aliphatic carbocycles. The number of carbonyl (C=O) groups is 1. The summed E-state index contributed by atoms with van der Waals surface area (Å²) in [7, 11) is 0. The van der Waals surface area contributed by atoms with Crippen LogP contribution in [0.2, 0.25) is 5.02 Å². The number of nitrogens with zero attached hydrogens (tertiary/aromatic N) is 4. The van der Waals surface area contributed by atoms with E-state index < -0.39 is 0 Å². The SMILES string of the molecule is Cc1nc(C(=O)N2CCc3sccc3C2c2cccs2)nn1-c1ccc(Cl)cc1. The number of thiophene rings is 2. The van der Waals surface area contributed by atoms with Crippen LogP contribution in [0.1, 0.15) is 37.8 Å². The molecule has 0 N–H and O–H groups in total. The second-order valence-electron chi connectivity index (χ2n) is 6.84. The Morgan fingerprint density at radius 3 is 2.72 bits per heavy atom. The lowest BCUT2D eigenvalue weighted by Crippen LogP contribution is -2.40. The highest BCUT2D eigenvalue weighted by atomic mass is 35.5. The van der Waals surface area contributed by atoms with Crippen LogP contribution in [-0.4, -0.2) is 32.1 Å². The molecule has 1 amide bonds. The number of amides is 1. The Balaban J connectivity index is 1.52. The summed E-state index contributed by atoms with van der Waals surface area (Å²) >= 11 is 9.42. The number of hydrogen-bond donors (Lipinski definition) is 0. The van der Waals surface area contributed by atoms with Gasteiger partial charge in [0.05, 0.1) is 11.7 Å². The minimum Gasteiger partial charge on any atom is -0.323 e. The van der Waals surface area contributed by atoms with E-state index in [9.17, 15) is 4.79 Å². The van der Waals surface area contributed by atoms with Crippen LogP contribution in [0.5, 0.6) is 0 Å². The topological polar surface area (TPSA) is 51.0 Å². The van der Waals surface area contributed by atoms with Crippen molar-refractivity contribution >= 4 is 40.2 Å². The summed E-state index contributed by atoms with van der Waals surface area (Å²) in [5, 5.41) is 9.34. The van der Waals surface area contributed by atoms with Gasteiger partial charge in [-0.2, -0.15) is 0 Å². The van der Waals surface area contributed by atoms with Crippen molar-refractivity contribution in [3.8, 4) is 5.69 Å². The summed E-state index contributed by atoms with van der Waals surface area (Å²) in [5.74, 6) is 0.741. The van der Waals surface area contributed by atoms with Gasteiger partial charge in [0, 0.05) is 21.3 Å². The number of aromatic nitrogens is 3. The fourth-order valence-corrected chi connectivity index (χ4v) is 5.61. The van der Waals surface area contributed by atoms with Crippen LogP contribution >= 0.6 is 34.3 Å². The Morgan fingerprint density at radius 1 is 1.14 bits per heavy atom. The van der Waals surface area contributed by atoms with Gasteiger partial charge in [-0.15, -0.1) is 27.8 Å². The summed E-state index contributed by atoms with van der Waals surface area (Å²) in [6.45, 7) is 2.51. The van der Waals surface area contributed by atoms with E-state index >= 15 is 0 Å². The fourth-order valence-electron chi connectivity index (χ4n) is 3.72. The maximum absolute atomic E-state index is 13.5. The number of aryl methyl sites for hydroxylation is 1. The summed E-state index contributed by atoms with van der Waals surface area (Å²) in [6, 6.07) is 13.5. The van der Waals surface area contributed by atoms with E-state index in [1.807, 2.05) is 30.0 Å². The molecule has 0 fully saturated rings. The molecule has 0 saturated heterocycles. The number of halogens is 1. The van der Waals surface area contributed by atoms with Crippen molar-refractivity contribution in [2.45, 2.75) is 19.4 Å². The lowest BCUT2D eigenvalue weighted by molar-refractivity contribution is 0.0686. The second kappa shape index (κ2) is 7.40. The molecule has 29 heavy (non-hydrogen) atoms. The first-order chi connectivity index (χ1) is 14.1. The normalized spacial score (nSPS) is 16.1. The molecule has 0 bridgehead atoms. The molecule has 3 aromatic heterocycles. The van der Waals surface area contributed by atoms with Gasteiger partial charge in [-0.05, 0) is 66.1 Å². The number of rotatable bonds is 3. The van der Waals surface area contributed by atoms with Crippen molar-refractivity contribution in [3.05, 3.63) is 85.2 Å². The maximum Gasteiger partial charge on any atom is 0.294 e. The van der Waals surface area contributed by atoms with Gasteiger partial charge in [0.15, 0.2) is 0 Å². The Bertz CT molecular complexity index is 1160. The monoisotopic (exact) mass is 440 g/mol. The zero-order valence-electron chi connectivity index (χ0n) is 15.6. The molecule has 5 nitrogen and oxygen atoms in total. The quantitative estimate of drug-likeness (QED) is 0.443. The van der Waals surface area contributed by atoms with Crippen molar-refractivity contribution in [1.29, 1.82) is 0 Å². The van der Waals surface area contributed by atoms with Crippen LogP contribution in [0.3, 0.4) is 0 Å². The molecule has 1 aliphatic rings. The fraction of sp³-hybridized carbons (Fsp3) is 0.190. The van der Waals surface area contributed by atoms with E-state index in [0.717, 1.165) is 17.0 Å². The van der Waals surface area contributed by atoms with Crippen LogP contribution < -0.4 is 0 Å². The zero-order valence-corrected chi connectivity index (χ0v) is 18.0. The number of carbonyl (C=O) groups excluding carboxylic acids is 1. The lowest BCUT2D eigenvalue weighted by Gasteiger charge is -2.34. The molecule has 1 atom stereocenters. The second-order valence-corrected chi connectivity index (χ2v) is 9.25. The predicted octanol–water partition coefficient (Wildman–Crippen LogP) is 5.14. The Morgan fingerprint density at radius 2 is 1.97 bits per heavy atom. The Kier molecular flexibility index (Phi) is 4.73. The number of benzene rings is 1. The minimum absolute atomic E-state index is 0.0831. The molecule has 1 unspecified atom stereocenters. The van der Waals surface area contributed by atoms with Crippen LogP contribution in [0, 0.1) is 6.92 Å². The predicted molar refractivity (Wildman–Crippen MR) is 116 cm³/mol. The first-order valence-electron chi connectivity index (χ1n) is 9.22. The van der Waals surface area contributed by atoms with Crippen molar-refractivity contribution in [1.82, 2.24) is 19.7 Å². The third-order valence-electron chi connectivity index (χ3n) is 5.07. The Labute approximate surface area is 181 Å². The van der Waals surface area contributed by atoms with Gasteiger partial charge < -0.3 is 4.90 Å². The van der Waals surface area contributed by atoms with Crippen LogP contribution in [0.15, 0.2) is 53.2 Å². The molecule has 1 aliphatic heterocycles. The molecule has 0 radical (unpaired) electrons. The largest absolute Gasteiger partial charge is 0.323 e. The molecule has 1 aromatic carbocycles. The third-order valence-corrected chi connectivity index (χ3v) is 7.24. The van der Waals surface area contributed by atoms with Gasteiger partial charge in [-0.3, -0.25) is 4.79 Å². The summed E-state index contributed by atoms with van der Waals surface area (Å²) in [5.41, 5.74) is 2.04. The van der Waals surface area contributed by atoms with Gasteiger partial charge >= 0.3 is 0 Å². The van der Waals surface area contributed by atoms with Gasteiger partial charge in [0.2, 0.25) is 5.82 Å². The molecule has 0 spiro atoms. The van der Waals surface area contributed by atoms with Crippen LogP contribution in [0.4, 0.5) is 0 Å².